The van der Waals surface area contributed by atoms with Gasteiger partial charge in [-0.3, -0.25) is 4.99 Å². The molecule has 0 spiro atoms. The summed E-state index contributed by atoms with van der Waals surface area (Å²) in [5.74, 6) is 1.17. The van der Waals surface area contributed by atoms with Crippen LogP contribution in [0.3, 0.4) is 0 Å². The van der Waals surface area contributed by atoms with Gasteiger partial charge in [0.1, 0.15) is 0 Å². The summed E-state index contributed by atoms with van der Waals surface area (Å²) in [4.78, 5) is 8.72. The van der Waals surface area contributed by atoms with Crippen LogP contribution in [0.15, 0.2) is 38.4 Å². The van der Waals surface area contributed by atoms with Gasteiger partial charge in [-0.15, -0.1) is 0 Å². The van der Waals surface area contributed by atoms with Crippen LogP contribution in [0.4, 0.5) is 0 Å². The highest BCUT2D eigenvalue weighted by atomic mass is 15.2. The molecule has 0 bridgehead atoms. The van der Waals surface area contributed by atoms with E-state index in [1.807, 2.05) is 76.2 Å². The highest BCUT2D eigenvalue weighted by molar-refractivity contribution is 5.80. The van der Waals surface area contributed by atoms with Crippen LogP contribution < -0.4 is 0 Å². The van der Waals surface area contributed by atoms with Gasteiger partial charge in [-0.05, 0) is 140 Å². The zero-order valence-corrected chi connectivity index (χ0v) is 35.3. The van der Waals surface area contributed by atoms with Crippen molar-refractivity contribution >= 4 is 5.84 Å². The summed E-state index contributed by atoms with van der Waals surface area (Å²) in [5.41, 5.74) is 9.75. The summed E-state index contributed by atoms with van der Waals surface area (Å²) in [6.07, 6.45) is 15.1. The van der Waals surface area contributed by atoms with E-state index in [9.17, 15) is 0 Å². The fourth-order valence-corrected chi connectivity index (χ4v) is 4.86. The molecule has 3 aliphatic carbocycles. The molecule has 0 aromatic carbocycles. The van der Waals surface area contributed by atoms with Gasteiger partial charge in [-0.25, -0.2) is 0 Å². The predicted molar refractivity (Wildman–Crippen MR) is 215 cm³/mol. The number of nitrogens with zero attached hydrogens (tertiary/aromatic N) is 3. The molecule has 2 heterocycles. The molecular formula is C42H89N3. The van der Waals surface area contributed by atoms with E-state index in [0.29, 0.717) is 0 Å². The molecule has 5 aliphatic rings. The number of likely N-dealkylation sites (N-methyl/N-ethyl adjacent to an activating group) is 1. The number of amidine groups is 1. The van der Waals surface area contributed by atoms with Gasteiger partial charge < -0.3 is 9.80 Å². The summed E-state index contributed by atoms with van der Waals surface area (Å²) in [7, 11) is 4.25. The summed E-state index contributed by atoms with van der Waals surface area (Å²) in [6.45, 7) is 41.1. The maximum absolute atomic E-state index is 4.16. The Morgan fingerprint density at radius 2 is 0.756 bits per heavy atom. The average molecular weight is 636 g/mol. The van der Waals surface area contributed by atoms with Crippen LogP contribution in [-0.2, 0) is 0 Å². The van der Waals surface area contributed by atoms with Crippen molar-refractivity contribution in [1.29, 1.82) is 0 Å². The van der Waals surface area contributed by atoms with Crippen molar-refractivity contribution in [2.24, 2.45) is 4.99 Å². The molecule has 272 valence electrons. The minimum atomic E-state index is 0.847. The zero-order chi connectivity index (χ0) is 36.4. The molecule has 0 aromatic heterocycles. The summed E-state index contributed by atoms with van der Waals surface area (Å²) in [6, 6.07) is 0.847. The lowest BCUT2D eigenvalue weighted by Crippen LogP contribution is -2.20. The lowest BCUT2D eigenvalue weighted by Gasteiger charge is -2.12. The van der Waals surface area contributed by atoms with E-state index < -0.39 is 0 Å². The SMILES string of the molecule is CC.CC.CC.CC.CC.CC1=C(C)CCC1.CC1=C(C)CCC1.CC1=C(C)CCC1.CC1=NCCN1C.CC1CCCN1C. The fourth-order valence-electron chi connectivity index (χ4n) is 4.86. The van der Waals surface area contributed by atoms with E-state index in [0.717, 1.165) is 19.1 Å². The first kappa shape index (κ1) is 53.2. The van der Waals surface area contributed by atoms with E-state index in [4.69, 9.17) is 0 Å². The zero-order valence-electron chi connectivity index (χ0n) is 35.3. The third-order valence-corrected chi connectivity index (χ3v) is 8.71. The Balaban J connectivity index is -0.000000138. The van der Waals surface area contributed by atoms with Crippen molar-refractivity contribution in [2.75, 3.05) is 33.7 Å². The van der Waals surface area contributed by atoms with Gasteiger partial charge in [-0.1, -0.05) is 103 Å². The van der Waals surface area contributed by atoms with Gasteiger partial charge >= 0.3 is 0 Å². The molecule has 0 radical (unpaired) electrons. The maximum atomic E-state index is 4.16. The second kappa shape index (κ2) is 38.8. The van der Waals surface area contributed by atoms with Crippen molar-refractivity contribution in [1.82, 2.24) is 9.80 Å². The molecule has 0 saturated carbocycles. The Labute approximate surface area is 288 Å². The van der Waals surface area contributed by atoms with E-state index in [-0.39, 0.29) is 0 Å². The Morgan fingerprint density at radius 1 is 0.467 bits per heavy atom. The third kappa shape index (κ3) is 29.8. The van der Waals surface area contributed by atoms with E-state index in [1.54, 1.807) is 33.4 Å². The smallest absolute Gasteiger partial charge is 0.0956 e. The van der Waals surface area contributed by atoms with Crippen LogP contribution in [-0.4, -0.2) is 55.4 Å². The monoisotopic (exact) mass is 636 g/mol. The number of allylic oxidation sites excluding steroid dienone is 6. The Bertz CT molecular complexity index is 643. The Morgan fingerprint density at radius 3 is 0.822 bits per heavy atom. The molecule has 3 nitrogen and oxygen atoms in total. The van der Waals surface area contributed by atoms with Crippen molar-refractivity contribution in [3.63, 3.8) is 0 Å². The van der Waals surface area contributed by atoms with Crippen LogP contribution in [0.2, 0.25) is 0 Å². The van der Waals surface area contributed by atoms with Crippen LogP contribution in [0, 0.1) is 0 Å². The topological polar surface area (TPSA) is 18.8 Å². The molecule has 3 heteroatoms. The largest absolute Gasteiger partial charge is 0.362 e. The van der Waals surface area contributed by atoms with Gasteiger partial charge in [0.05, 0.1) is 12.4 Å². The quantitative estimate of drug-likeness (QED) is 0.247. The first-order valence-electron chi connectivity index (χ1n) is 19.4. The van der Waals surface area contributed by atoms with Crippen molar-refractivity contribution in [3.8, 4) is 0 Å². The van der Waals surface area contributed by atoms with Crippen molar-refractivity contribution < 1.29 is 0 Å². The second-order valence-corrected chi connectivity index (χ2v) is 11.6. The highest BCUT2D eigenvalue weighted by Crippen LogP contribution is 2.25. The lowest BCUT2D eigenvalue weighted by atomic mass is 10.2. The highest BCUT2D eigenvalue weighted by Gasteiger charge is 2.14. The molecule has 5 rings (SSSR count). The number of aliphatic imine (C=N–C) groups is 1. The van der Waals surface area contributed by atoms with Crippen LogP contribution in [0.25, 0.3) is 0 Å². The van der Waals surface area contributed by atoms with Crippen LogP contribution >= 0.6 is 0 Å². The van der Waals surface area contributed by atoms with Gasteiger partial charge in [0.2, 0.25) is 0 Å². The Kier molecular flexibility index (Phi) is 45.9. The number of likely N-dealkylation sites (tertiary alicyclic amines) is 1. The van der Waals surface area contributed by atoms with Gasteiger partial charge in [0.25, 0.3) is 0 Å². The summed E-state index contributed by atoms with van der Waals surface area (Å²) >= 11 is 0. The van der Waals surface area contributed by atoms with Crippen molar-refractivity contribution in [2.45, 2.75) is 201 Å². The summed E-state index contributed by atoms with van der Waals surface area (Å²) in [5, 5.41) is 0. The molecule has 0 aromatic rings. The first-order valence-corrected chi connectivity index (χ1v) is 19.4. The molecule has 1 fully saturated rings. The van der Waals surface area contributed by atoms with E-state index in [2.05, 4.69) is 77.4 Å². The minimum absolute atomic E-state index is 0.847. The normalized spacial score (nSPS) is 19.2. The molecule has 0 amide bonds. The second-order valence-electron chi connectivity index (χ2n) is 11.6. The molecule has 2 aliphatic heterocycles. The van der Waals surface area contributed by atoms with Gasteiger partial charge in [0.15, 0.2) is 0 Å². The van der Waals surface area contributed by atoms with E-state index in [1.165, 1.54) is 83.0 Å². The molecule has 1 unspecified atom stereocenters. The summed E-state index contributed by atoms with van der Waals surface area (Å²) < 4.78 is 0. The van der Waals surface area contributed by atoms with Gasteiger partial charge in [0, 0.05) is 19.6 Å². The molecule has 0 N–H and O–H groups in total. The van der Waals surface area contributed by atoms with Crippen LogP contribution in [0.1, 0.15) is 195 Å². The van der Waals surface area contributed by atoms with Crippen molar-refractivity contribution in [3.05, 3.63) is 33.4 Å². The molecule has 45 heavy (non-hydrogen) atoms. The van der Waals surface area contributed by atoms with E-state index >= 15 is 0 Å². The first-order chi connectivity index (χ1) is 21.5. The molecule has 1 atom stereocenters. The molecular weight excluding hydrogens is 546 g/mol. The minimum Gasteiger partial charge on any atom is -0.362 e. The fraction of sp³-hybridized carbons (Fsp3) is 0.833. The third-order valence-electron chi connectivity index (χ3n) is 8.71. The maximum Gasteiger partial charge on any atom is 0.0956 e. The average Bonchev–Trinajstić information content (AvgIpc) is 3.92. The molecule has 1 saturated heterocycles. The number of hydrogen-bond donors (Lipinski definition) is 0. The van der Waals surface area contributed by atoms with Gasteiger partial charge in [-0.2, -0.15) is 0 Å². The number of rotatable bonds is 0. The number of hydrogen-bond acceptors (Lipinski definition) is 3. The standard InChI is InChI=1S/3C7H12.C6H13N.C5H10N2.5C2H6/c4*1-6-4-3-5-7(6)2;1-5-6-3-4-7(5)2;5*1-2/h3*3-5H2,1-2H3;6H,3-5H2,1-2H3;3-4H2,1-2H3;5*1-2H3. The lowest BCUT2D eigenvalue weighted by molar-refractivity contribution is 0.331. The van der Waals surface area contributed by atoms with Crippen LogP contribution in [0.5, 0.6) is 0 Å². The predicted octanol–water partition coefficient (Wildman–Crippen LogP) is 14.1. The Hall–Kier alpha value is -1.35.